The predicted octanol–water partition coefficient (Wildman–Crippen LogP) is 5.18. The number of hydrogen-bond acceptors (Lipinski definition) is 5. The number of methoxy groups -OCH3 is 1. The molecular weight excluding hydrogens is 415 g/mol. The van der Waals surface area contributed by atoms with Crippen molar-refractivity contribution in [3.63, 3.8) is 0 Å². The van der Waals surface area contributed by atoms with Gasteiger partial charge in [0.25, 0.3) is 0 Å². The van der Waals surface area contributed by atoms with E-state index in [0.29, 0.717) is 27.4 Å². The second kappa shape index (κ2) is 8.62. The molecule has 0 fully saturated rings. The molecule has 28 heavy (non-hydrogen) atoms. The van der Waals surface area contributed by atoms with E-state index in [-0.39, 0.29) is 12.2 Å². The van der Waals surface area contributed by atoms with Crippen molar-refractivity contribution in [1.82, 2.24) is 4.98 Å². The molecule has 2 aromatic carbocycles. The van der Waals surface area contributed by atoms with Gasteiger partial charge in [-0.15, -0.1) is 11.3 Å². The summed E-state index contributed by atoms with van der Waals surface area (Å²) in [5, 5.41) is 2.58. The molecule has 0 bridgehead atoms. The van der Waals surface area contributed by atoms with Crippen LogP contribution in [-0.2, 0) is 22.6 Å². The molecule has 0 atom stereocenters. The highest BCUT2D eigenvalue weighted by Crippen LogP contribution is 2.35. The molecule has 9 heteroatoms. The van der Waals surface area contributed by atoms with Crippen molar-refractivity contribution in [3.8, 4) is 16.3 Å². The van der Waals surface area contributed by atoms with E-state index in [0.717, 1.165) is 6.07 Å². The first-order chi connectivity index (χ1) is 13.4. The summed E-state index contributed by atoms with van der Waals surface area (Å²) in [5.41, 5.74) is 0.456. The van der Waals surface area contributed by atoms with Crippen molar-refractivity contribution < 1.29 is 27.4 Å². The number of aromatic nitrogens is 1. The standard InChI is InChI=1S/C19H13ClF3NO3S/c1-26-17(25)7-11-9-28-19(24-11)12-6-10(20)2-5-16(12)27-8-13-14(21)3-4-15(22)18(13)23/h2-6,9H,7-8H2,1H3. The van der Waals surface area contributed by atoms with Crippen LogP contribution < -0.4 is 4.74 Å². The number of hydrogen-bond donors (Lipinski definition) is 0. The summed E-state index contributed by atoms with van der Waals surface area (Å²) in [5.74, 6) is -3.55. The molecule has 0 spiro atoms. The van der Waals surface area contributed by atoms with Crippen molar-refractivity contribution in [3.05, 3.63) is 69.4 Å². The van der Waals surface area contributed by atoms with Gasteiger partial charge in [0, 0.05) is 10.4 Å². The van der Waals surface area contributed by atoms with Crippen LogP contribution >= 0.6 is 22.9 Å². The third-order valence-electron chi connectivity index (χ3n) is 3.79. The van der Waals surface area contributed by atoms with Crippen molar-refractivity contribution in [2.45, 2.75) is 13.0 Å². The van der Waals surface area contributed by atoms with Crippen molar-refractivity contribution in [2.24, 2.45) is 0 Å². The Labute approximate surface area is 167 Å². The fourth-order valence-electron chi connectivity index (χ4n) is 2.38. The third-order valence-corrected chi connectivity index (χ3v) is 4.95. The average Bonchev–Trinajstić information content (AvgIpc) is 3.14. The Morgan fingerprint density at radius 3 is 2.68 bits per heavy atom. The van der Waals surface area contributed by atoms with E-state index in [1.54, 1.807) is 17.5 Å². The predicted molar refractivity (Wildman–Crippen MR) is 98.9 cm³/mol. The van der Waals surface area contributed by atoms with E-state index >= 15 is 0 Å². The minimum atomic E-state index is -1.30. The third kappa shape index (κ3) is 4.45. The van der Waals surface area contributed by atoms with E-state index in [1.165, 1.54) is 24.5 Å². The second-order valence-electron chi connectivity index (χ2n) is 5.65. The highest BCUT2D eigenvalue weighted by atomic mass is 35.5. The van der Waals surface area contributed by atoms with E-state index < -0.39 is 35.6 Å². The molecule has 0 unspecified atom stereocenters. The van der Waals surface area contributed by atoms with Crippen LogP contribution in [0.4, 0.5) is 13.2 Å². The topological polar surface area (TPSA) is 48.4 Å². The van der Waals surface area contributed by atoms with Gasteiger partial charge in [0.15, 0.2) is 11.6 Å². The quantitative estimate of drug-likeness (QED) is 0.402. The fraction of sp³-hybridized carbons (Fsp3) is 0.158. The van der Waals surface area contributed by atoms with Gasteiger partial charge in [-0.3, -0.25) is 4.79 Å². The molecule has 4 nitrogen and oxygen atoms in total. The molecule has 0 aliphatic rings. The number of esters is 1. The Hall–Kier alpha value is -2.58. The first-order valence-corrected chi connectivity index (χ1v) is 9.21. The molecular formula is C19H13ClF3NO3S. The summed E-state index contributed by atoms with van der Waals surface area (Å²) in [6, 6.07) is 6.19. The van der Waals surface area contributed by atoms with Crippen molar-refractivity contribution >= 4 is 28.9 Å². The molecule has 3 aromatic rings. The van der Waals surface area contributed by atoms with Gasteiger partial charge in [-0.25, -0.2) is 18.2 Å². The van der Waals surface area contributed by atoms with Crippen LogP contribution in [0.3, 0.4) is 0 Å². The lowest BCUT2D eigenvalue weighted by atomic mass is 10.2. The number of ether oxygens (including phenoxy) is 2. The minimum Gasteiger partial charge on any atom is -0.488 e. The summed E-state index contributed by atoms with van der Waals surface area (Å²) in [6.45, 7) is -0.523. The molecule has 0 saturated carbocycles. The molecule has 0 aliphatic carbocycles. The number of carbonyl (C=O) groups is 1. The van der Waals surface area contributed by atoms with Crippen molar-refractivity contribution in [1.29, 1.82) is 0 Å². The minimum absolute atomic E-state index is 0.00344. The van der Waals surface area contributed by atoms with Gasteiger partial charge in [0.05, 0.1) is 30.4 Å². The largest absolute Gasteiger partial charge is 0.488 e. The maximum absolute atomic E-state index is 13.8. The molecule has 1 heterocycles. The molecule has 146 valence electrons. The van der Waals surface area contributed by atoms with Crippen LogP contribution in [-0.4, -0.2) is 18.1 Å². The Morgan fingerprint density at radius 1 is 1.18 bits per heavy atom. The molecule has 1 aromatic heterocycles. The lowest BCUT2D eigenvalue weighted by Gasteiger charge is -2.12. The lowest BCUT2D eigenvalue weighted by molar-refractivity contribution is -0.139. The first kappa shape index (κ1) is 20.2. The summed E-state index contributed by atoms with van der Waals surface area (Å²) < 4.78 is 51.2. The molecule has 0 aliphatic heterocycles. The van der Waals surface area contributed by atoms with E-state index in [4.69, 9.17) is 16.3 Å². The van der Waals surface area contributed by atoms with E-state index in [1.807, 2.05) is 0 Å². The SMILES string of the molecule is COC(=O)Cc1csc(-c2cc(Cl)ccc2OCc2c(F)ccc(F)c2F)n1. The van der Waals surface area contributed by atoms with Gasteiger partial charge in [-0.2, -0.15) is 0 Å². The molecule has 0 amide bonds. The monoisotopic (exact) mass is 427 g/mol. The Bertz CT molecular complexity index is 1030. The normalized spacial score (nSPS) is 10.8. The summed E-state index contributed by atoms with van der Waals surface area (Å²) in [6.07, 6.45) is 0.00344. The van der Waals surface area contributed by atoms with Gasteiger partial charge in [0.1, 0.15) is 23.2 Å². The highest BCUT2D eigenvalue weighted by Gasteiger charge is 2.17. The number of benzene rings is 2. The van der Waals surface area contributed by atoms with Crippen LogP contribution in [0.25, 0.3) is 10.6 Å². The first-order valence-electron chi connectivity index (χ1n) is 7.95. The van der Waals surface area contributed by atoms with Crippen molar-refractivity contribution in [2.75, 3.05) is 7.11 Å². The zero-order chi connectivity index (χ0) is 20.3. The van der Waals surface area contributed by atoms with Crippen LogP contribution in [0, 0.1) is 17.5 Å². The zero-order valence-electron chi connectivity index (χ0n) is 14.5. The smallest absolute Gasteiger partial charge is 0.311 e. The van der Waals surface area contributed by atoms with Gasteiger partial charge in [-0.1, -0.05) is 11.6 Å². The average molecular weight is 428 g/mol. The molecule has 0 N–H and O–H groups in total. The summed E-state index contributed by atoms with van der Waals surface area (Å²) in [7, 11) is 1.28. The lowest BCUT2D eigenvalue weighted by Crippen LogP contribution is -2.05. The maximum atomic E-state index is 13.8. The number of thiazole rings is 1. The molecule has 0 saturated heterocycles. The van der Waals surface area contributed by atoms with Gasteiger partial charge < -0.3 is 9.47 Å². The number of rotatable bonds is 6. The fourth-order valence-corrected chi connectivity index (χ4v) is 3.39. The zero-order valence-corrected chi connectivity index (χ0v) is 16.0. The van der Waals surface area contributed by atoms with Crippen LogP contribution in [0.1, 0.15) is 11.3 Å². The summed E-state index contributed by atoms with van der Waals surface area (Å²) in [4.78, 5) is 15.7. The van der Waals surface area contributed by atoms with E-state index in [2.05, 4.69) is 9.72 Å². The Morgan fingerprint density at radius 2 is 1.93 bits per heavy atom. The number of nitrogens with zero attached hydrogens (tertiary/aromatic N) is 1. The number of carbonyl (C=O) groups excluding carboxylic acids is 1. The van der Waals surface area contributed by atoms with Gasteiger partial charge in [-0.05, 0) is 30.3 Å². The molecule has 3 rings (SSSR count). The van der Waals surface area contributed by atoms with Gasteiger partial charge in [0.2, 0.25) is 0 Å². The van der Waals surface area contributed by atoms with Crippen LogP contribution in [0.15, 0.2) is 35.7 Å². The molecule has 0 radical (unpaired) electrons. The highest BCUT2D eigenvalue weighted by molar-refractivity contribution is 7.13. The Balaban J connectivity index is 1.88. The maximum Gasteiger partial charge on any atom is 0.311 e. The number of halogens is 4. The van der Waals surface area contributed by atoms with Gasteiger partial charge >= 0.3 is 5.97 Å². The van der Waals surface area contributed by atoms with E-state index in [9.17, 15) is 18.0 Å². The Kier molecular flexibility index (Phi) is 6.21. The summed E-state index contributed by atoms with van der Waals surface area (Å²) >= 11 is 7.29. The van der Waals surface area contributed by atoms with Crippen LogP contribution in [0.2, 0.25) is 5.02 Å². The second-order valence-corrected chi connectivity index (χ2v) is 6.94. The van der Waals surface area contributed by atoms with Crippen LogP contribution in [0.5, 0.6) is 5.75 Å².